The van der Waals surface area contributed by atoms with Gasteiger partial charge in [0.2, 0.25) is 0 Å². The summed E-state index contributed by atoms with van der Waals surface area (Å²) in [5.74, 6) is 0.567. The van der Waals surface area contributed by atoms with Crippen LogP contribution in [0.25, 0.3) is 0 Å². The maximum atomic E-state index is 11.2. The minimum Gasteiger partial charge on any atom is -0.410 e. The molecule has 0 unspecified atom stereocenters. The first kappa shape index (κ1) is 16.0. The zero-order chi connectivity index (χ0) is 15.9. The number of amides is 1. The second-order valence-corrected chi connectivity index (χ2v) is 5.01. The number of hydrogen-bond acceptors (Lipinski definition) is 6. The van der Waals surface area contributed by atoms with Gasteiger partial charge in [0, 0.05) is 26.8 Å². The first-order valence-electron chi connectivity index (χ1n) is 7.09. The van der Waals surface area contributed by atoms with Crippen LogP contribution in [0.5, 0.6) is 5.75 Å². The van der Waals surface area contributed by atoms with E-state index < -0.39 is 11.0 Å². The SMILES string of the molecule is CNC(=O)Oc1ccc(NCC2CCOCC2)c([N+](=O)[O-])c1. The molecule has 8 nitrogen and oxygen atoms in total. The summed E-state index contributed by atoms with van der Waals surface area (Å²) >= 11 is 0. The van der Waals surface area contributed by atoms with E-state index in [2.05, 4.69) is 10.6 Å². The van der Waals surface area contributed by atoms with E-state index in [1.807, 2.05) is 0 Å². The fourth-order valence-corrected chi connectivity index (χ4v) is 2.24. The molecule has 0 saturated carbocycles. The van der Waals surface area contributed by atoms with E-state index in [-0.39, 0.29) is 11.4 Å². The van der Waals surface area contributed by atoms with Crippen molar-refractivity contribution < 1.29 is 19.2 Å². The molecule has 0 atom stereocenters. The van der Waals surface area contributed by atoms with Gasteiger partial charge in [-0.25, -0.2) is 4.79 Å². The van der Waals surface area contributed by atoms with Crippen LogP contribution in [-0.4, -0.2) is 37.8 Å². The lowest BCUT2D eigenvalue weighted by atomic mass is 10.0. The van der Waals surface area contributed by atoms with Crippen molar-refractivity contribution in [1.29, 1.82) is 0 Å². The highest BCUT2D eigenvalue weighted by atomic mass is 16.6. The molecular formula is C14H19N3O5. The van der Waals surface area contributed by atoms with E-state index in [1.54, 1.807) is 6.07 Å². The van der Waals surface area contributed by atoms with Crippen molar-refractivity contribution >= 4 is 17.5 Å². The van der Waals surface area contributed by atoms with Gasteiger partial charge in [0.15, 0.2) is 0 Å². The Morgan fingerprint density at radius 1 is 1.45 bits per heavy atom. The van der Waals surface area contributed by atoms with Gasteiger partial charge in [0.25, 0.3) is 5.69 Å². The average Bonchev–Trinajstić information content (AvgIpc) is 2.54. The van der Waals surface area contributed by atoms with Crippen LogP contribution in [0.3, 0.4) is 0 Å². The number of nitrogens with zero attached hydrogens (tertiary/aromatic N) is 1. The molecule has 2 N–H and O–H groups in total. The fourth-order valence-electron chi connectivity index (χ4n) is 2.24. The van der Waals surface area contributed by atoms with Crippen molar-refractivity contribution in [3.05, 3.63) is 28.3 Å². The van der Waals surface area contributed by atoms with Crippen molar-refractivity contribution in [2.75, 3.05) is 32.1 Å². The monoisotopic (exact) mass is 309 g/mol. The number of nitro groups is 1. The number of rotatable bonds is 5. The van der Waals surface area contributed by atoms with Crippen LogP contribution in [0, 0.1) is 16.0 Å². The van der Waals surface area contributed by atoms with Gasteiger partial charge in [-0.15, -0.1) is 0 Å². The standard InChI is InChI=1S/C14H19N3O5/c1-15-14(18)22-11-2-3-12(13(8-11)17(19)20)16-9-10-4-6-21-7-5-10/h2-3,8,10,16H,4-7,9H2,1H3,(H,15,18). The highest BCUT2D eigenvalue weighted by molar-refractivity contribution is 5.72. The average molecular weight is 309 g/mol. The van der Waals surface area contributed by atoms with Gasteiger partial charge in [-0.1, -0.05) is 0 Å². The molecule has 1 fully saturated rings. The third-order valence-corrected chi connectivity index (χ3v) is 3.50. The number of carbonyl (C=O) groups is 1. The molecule has 1 aromatic rings. The molecule has 120 valence electrons. The van der Waals surface area contributed by atoms with Crippen LogP contribution in [0.4, 0.5) is 16.2 Å². The molecule has 0 spiro atoms. The van der Waals surface area contributed by atoms with Crippen LogP contribution >= 0.6 is 0 Å². The van der Waals surface area contributed by atoms with E-state index in [0.29, 0.717) is 18.2 Å². The number of nitro benzene ring substituents is 1. The maximum absolute atomic E-state index is 11.2. The lowest BCUT2D eigenvalue weighted by Crippen LogP contribution is -2.23. The molecule has 1 saturated heterocycles. The highest BCUT2D eigenvalue weighted by Crippen LogP contribution is 2.30. The molecule has 1 heterocycles. The maximum Gasteiger partial charge on any atom is 0.412 e. The Morgan fingerprint density at radius 3 is 2.82 bits per heavy atom. The molecule has 0 aromatic heterocycles. The molecule has 1 aliphatic heterocycles. The van der Waals surface area contributed by atoms with Gasteiger partial charge in [0.05, 0.1) is 11.0 Å². The van der Waals surface area contributed by atoms with Crippen molar-refractivity contribution in [3.63, 3.8) is 0 Å². The molecule has 1 aromatic carbocycles. The lowest BCUT2D eigenvalue weighted by Gasteiger charge is -2.22. The molecule has 0 bridgehead atoms. The number of benzene rings is 1. The molecule has 0 aliphatic carbocycles. The van der Waals surface area contributed by atoms with Gasteiger partial charge >= 0.3 is 6.09 Å². The largest absolute Gasteiger partial charge is 0.412 e. The Kier molecular flexibility index (Phi) is 5.54. The summed E-state index contributed by atoms with van der Waals surface area (Å²) < 4.78 is 10.2. The first-order valence-corrected chi connectivity index (χ1v) is 7.09. The molecule has 1 aliphatic rings. The molecule has 22 heavy (non-hydrogen) atoms. The quantitative estimate of drug-likeness (QED) is 0.638. The summed E-state index contributed by atoms with van der Waals surface area (Å²) in [6.45, 7) is 2.11. The molecular weight excluding hydrogens is 290 g/mol. The molecule has 8 heteroatoms. The van der Waals surface area contributed by atoms with Crippen molar-refractivity contribution in [2.24, 2.45) is 5.92 Å². The van der Waals surface area contributed by atoms with Gasteiger partial charge in [0.1, 0.15) is 11.4 Å². The van der Waals surface area contributed by atoms with Crippen molar-refractivity contribution in [1.82, 2.24) is 5.32 Å². The number of carbonyl (C=O) groups excluding carboxylic acids is 1. The van der Waals surface area contributed by atoms with Gasteiger partial charge < -0.3 is 20.1 Å². The van der Waals surface area contributed by atoms with E-state index in [1.165, 1.54) is 19.2 Å². The Bertz CT molecular complexity index is 543. The number of hydrogen-bond donors (Lipinski definition) is 2. The van der Waals surface area contributed by atoms with Gasteiger partial charge in [-0.05, 0) is 30.9 Å². The number of nitrogens with one attached hydrogen (secondary N) is 2. The number of anilines is 1. The zero-order valence-electron chi connectivity index (χ0n) is 12.3. The summed E-state index contributed by atoms with van der Waals surface area (Å²) in [6, 6.07) is 4.31. The van der Waals surface area contributed by atoms with Crippen molar-refractivity contribution in [2.45, 2.75) is 12.8 Å². The topological polar surface area (TPSA) is 103 Å². The second-order valence-electron chi connectivity index (χ2n) is 5.01. The fraction of sp³-hybridized carbons (Fsp3) is 0.500. The van der Waals surface area contributed by atoms with Crippen LogP contribution in [0.15, 0.2) is 18.2 Å². The minimum absolute atomic E-state index is 0.117. The normalized spacial score (nSPS) is 15.1. The third kappa shape index (κ3) is 4.32. The van der Waals surface area contributed by atoms with E-state index in [9.17, 15) is 14.9 Å². The first-order chi connectivity index (χ1) is 10.6. The van der Waals surface area contributed by atoms with Crippen LogP contribution < -0.4 is 15.4 Å². The van der Waals surface area contributed by atoms with Crippen molar-refractivity contribution in [3.8, 4) is 5.75 Å². The predicted molar refractivity (Wildman–Crippen MR) is 80.2 cm³/mol. The summed E-state index contributed by atoms with van der Waals surface area (Å²) in [4.78, 5) is 21.8. The smallest absolute Gasteiger partial charge is 0.410 e. The summed E-state index contributed by atoms with van der Waals surface area (Å²) in [7, 11) is 1.42. The Balaban J connectivity index is 2.05. The molecule has 0 radical (unpaired) electrons. The summed E-state index contributed by atoms with van der Waals surface area (Å²) in [5.41, 5.74) is 0.300. The molecule has 2 rings (SSSR count). The second kappa shape index (κ2) is 7.60. The highest BCUT2D eigenvalue weighted by Gasteiger charge is 2.19. The lowest BCUT2D eigenvalue weighted by molar-refractivity contribution is -0.384. The predicted octanol–water partition coefficient (Wildman–Crippen LogP) is 2.15. The Hall–Kier alpha value is -2.35. The summed E-state index contributed by atoms with van der Waals surface area (Å²) in [6.07, 6.45) is 1.22. The van der Waals surface area contributed by atoms with Gasteiger partial charge in [-0.3, -0.25) is 10.1 Å². The zero-order valence-corrected chi connectivity index (χ0v) is 12.3. The molecule has 1 amide bonds. The summed E-state index contributed by atoms with van der Waals surface area (Å²) in [5, 5.41) is 16.6. The number of ether oxygens (including phenoxy) is 2. The third-order valence-electron chi connectivity index (χ3n) is 3.50. The van der Waals surface area contributed by atoms with Crippen LogP contribution in [-0.2, 0) is 4.74 Å². The Labute approximate surface area is 127 Å². The van der Waals surface area contributed by atoms with E-state index in [0.717, 1.165) is 26.1 Å². The van der Waals surface area contributed by atoms with E-state index in [4.69, 9.17) is 9.47 Å². The Morgan fingerprint density at radius 2 is 2.18 bits per heavy atom. The van der Waals surface area contributed by atoms with Crippen LogP contribution in [0.2, 0.25) is 0 Å². The van der Waals surface area contributed by atoms with Crippen LogP contribution in [0.1, 0.15) is 12.8 Å². The van der Waals surface area contributed by atoms with E-state index >= 15 is 0 Å². The van der Waals surface area contributed by atoms with Gasteiger partial charge in [-0.2, -0.15) is 0 Å². The minimum atomic E-state index is -0.669.